The average molecular weight is 264 g/mol. The van der Waals surface area contributed by atoms with Crippen molar-refractivity contribution < 1.29 is 4.79 Å². The SMILES string of the molecule is CC(Br)C(C)(C)NC(=O)CC(C)(C)C. The van der Waals surface area contributed by atoms with Crippen LogP contribution in [0.5, 0.6) is 0 Å². The summed E-state index contributed by atoms with van der Waals surface area (Å²) in [6, 6.07) is 0. The monoisotopic (exact) mass is 263 g/mol. The highest BCUT2D eigenvalue weighted by Gasteiger charge is 2.27. The lowest BCUT2D eigenvalue weighted by atomic mass is 9.91. The minimum absolute atomic E-state index is 0.0513. The largest absolute Gasteiger partial charge is 0.350 e. The summed E-state index contributed by atoms with van der Waals surface area (Å²) in [5, 5.41) is 3.03. The number of hydrogen-bond acceptors (Lipinski definition) is 1. The lowest BCUT2D eigenvalue weighted by Gasteiger charge is -2.30. The predicted molar refractivity (Wildman–Crippen MR) is 64.7 cm³/mol. The first kappa shape index (κ1) is 13.9. The van der Waals surface area contributed by atoms with Crippen LogP contribution in [0, 0.1) is 5.41 Å². The maximum absolute atomic E-state index is 11.6. The third kappa shape index (κ3) is 5.63. The van der Waals surface area contributed by atoms with E-state index in [2.05, 4.69) is 42.0 Å². The van der Waals surface area contributed by atoms with Crippen molar-refractivity contribution in [2.45, 2.75) is 58.3 Å². The van der Waals surface area contributed by atoms with Gasteiger partial charge in [0.25, 0.3) is 0 Å². The predicted octanol–water partition coefficient (Wildman–Crippen LogP) is 3.10. The van der Waals surface area contributed by atoms with Gasteiger partial charge in [0, 0.05) is 16.8 Å². The zero-order valence-corrected chi connectivity index (χ0v) is 11.7. The minimum atomic E-state index is -0.192. The van der Waals surface area contributed by atoms with Crippen molar-refractivity contribution in [3.8, 4) is 0 Å². The van der Waals surface area contributed by atoms with Crippen LogP contribution in [0.4, 0.5) is 0 Å². The van der Waals surface area contributed by atoms with Crippen molar-refractivity contribution >= 4 is 21.8 Å². The molecule has 1 N–H and O–H groups in total. The molecule has 14 heavy (non-hydrogen) atoms. The van der Waals surface area contributed by atoms with Crippen LogP contribution in [0.3, 0.4) is 0 Å². The van der Waals surface area contributed by atoms with Crippen molar-refractivity contribution in [2.24, 2.45) is 5.41 Å². The van der Waals surface area contributed by atoms with E-state index in [0.717, 1.165) is 0 Å². The smallest absolute Gasteiger partial charge is 0.220 e. The van der Waals surface area contributed by atoms with E-state index in [4.69, 9.17) is 0 Å². The van der Waals surface area contributed by atoms with Gasteiger partial charge in [-0.3, -0.25) is 4.79 Å². The van der Waals surface area contributed by atoms with Crippen molar-refractivity contribution in [3.63, 3.8) is 0 Å². The van der Waals surface area contributed by atoms with Gasteiger partial charge in [0.2, 0.25) is 5.91 Å². The molecule has 0 aromatic rings. The maximum Gasteiger partial charge on any atom is 0.220 e. The van der Waals surface area contributed by atoms with Crippen molar-refractivity contribution in [2.75, 3.05) is 0 Å². The molecule has 84 valence electrons. The number of halogens is 1. The molecule has 0 aromatic heterocycles. The Bertz CT molecular complexity index is 204. The lowest BCUT2D eigenvalue weighted by Crippen LogP contribution is -2.49. The number of carbonyl (C=O) groups excluding carboxylic acids is 1. The van der Waals surface area contributed by atoms with Crippen LogP contribution < -0.4 is 5.32 Å². The third-order valence-electron chi connectivity index (χ3n) is 2.15. The van der Waals surface area contributed by atoms with E-state index >= 15 is 0 Å². The van der Waals surface area contributed by atoms with Gasteiger partial charge in [-0.05, 0) is 19.3 Å². The molecule has 1 atom stereocenters. The number of rotatable bonds is 3. The standard InChI is InChI=1S/C11H22BrNO/c1-8(12)11(5,6)13-9(14)7-10(2,3)4/h8H,7H2,1-6H3,(H,13,14). The van der Waals surface area contributed by atoms with Crippen LogP contribution in [0.2, 0.25) is 0 Å². The first-order valence-corrected chi connectivity index (χ1v) is 5.91. The number of nitrogens with one attached hydrogen (secondary N) is 1. The summed E-state index contributed by atoms with van der Waals surface area (Å²) in [6.45, 7) is 12.3. The number of hydrogen-bond donors (Lipinski definition) is 1. The molecule has 1 unspecified atom stereocenters. The quantitative estimate of drug-likeness (QED) is 0.780. The van der Waals surface area contributed by atoms with E-state index in [1.807, 2.05) is 20.8 Å². The van der Waals surface area contributed by atoms with Crippen LogP contribution in [-0.4, -0.2) is 16.3 Å². The minimum Gasteiger partial charge on any atom is -0.350 e. The fraction of sp³-hybridized carbons (Fsp3) is 0.909. The van der Waals surface area contributed by atoms with Gasteiger partial charge in [0.1, 0.15) is 0 Å². The molecule has 0 radical (unpaired) electrons. The van der Waals surface area contributed by atoms with Gasteiger partial charge >= 0.3 is 0 Å². The zero-order chi connectivity index (χ0) is 11.6. The van der Waals surface area contributed by atoms with Gasteiger partial charge in [-0.15, -0.1) is 0 Å². The molecule has 0 aromatic carbocycles. The Hall–Kier alpha value is -0.0500. The topological polar surface area (TPSA) is 29.1 Å². The number of amides is 1. The molecule has 0 aliphatic rings. The number of alkyl halides is 1. The van der Waals surface area contributed by atoms with E-state index in [0.29, 0.717) is 6.42 Å². The lowest BCUT2D eigenvalue weighted by molar-refractivity contribution is -0.124. The maximum atomic E-state index is 11.6. The summed E-state index contributed by atoms with van der Waals surface area (Å²) in [4.78, 5) is 11.9. The Labute approximate surface area is 96.0 Å². The second kappa shape index (κ2) is 4.65. The highest BCUT2D eigenvalue weighted by atomic mass is 79.9. The van der Waals surface area contributed by atoms with Crippen molar-refractivity contribution in [1.82, 2.24) is 5.32 Å². The first-order valence-electron chi connectivity index (χ1n) is 5.00. The first-order chi connectivity index (χ1) is 6.04. The van der Waals surface area contributed by atoms with Crippen molar-refractivity contribution in [1.29, 1.82) is 0 Å². The van der Waals surface area contributed by atoms with Gasteiger partial charge < -0.3 is 5.32 Å². The summed E-state index contributed by atoms with van der Waals surface area (Å²) >= 11 is 3.49. The zero-order valence-electron chi connectivity index (χ0n) is 10.1. The molecule has 0 fully saturated rings. The molecule has 0 bridgehead atoms. The van der Waals surface area contributed by atoms with E-state index in [-0.39, 0.29) is 21.7 Å². The van der Waals surface area contributed by atoms with Crippen molar-refractivity contribution in [3.05, 3.63) is 0 Å². The Kier molecular flexibility index (Phi) is 4.63. The fourth-order valence-electron chi connectivity index (χ4n) is 0.985. The molecular weight excluding hydrogens is 242 g/mol. The Morgan fingerprint density at radius 2 is 1.71 bits per heavy atom. The van der Waals surface area contributed by atoms with Crippen LogP contribution in [0.1, 0.15) is 48.0 Å². The molecule has 0 aliphatic carbocycles. The average Bonchev–Trinajstić information content (AvgIpc) is 1.79. The van der Waals surface area contributed by atoms with E-state index in [9.17, 15) is 4.79 Å². The summed E-state index contributed by atoms with van der Waals surface area (Å²) in [5.41, 5.74) is -0.141. The Morgan fingerprint density at radius 3 is 2.00 bits per heavy atom. The normalized spacial score (nSPS) is 15.1. The fourth-order valence-corrected chi connectivity index (χ4v) is 1.10. The summed E-state index contributed by atoms with van der Waals surface area (Å²) in [6.07, 6.45) is 0.566. The van der Waals surface area contributed by atoms with Gasteiger partial charge in [-0.2, -0.15) is 0 Å². The van der Waals surface area contributed by atoms with Gasteiger partial charge in [-0.1, -0.05) is 43.6 Å². The molecule has 0 rings (SSSR count). The molecule has 0 saturated carbocycles. The highest BCUT2D eigenvalue weighted by Crippen LogP contribution is 2.21. The molecular formula is C11H22BrNO. The molecule has 0 saturated heterocycles. The Balaban J connectivity index is 4.20. The van der Waals surface area contributed by atoms with Gasteiger partial charge in [-0.25, -0.2) is 0 Å². The molecule has 1 amide bonds. The Morgan fingerprint density at radius 1 is 1.29 bits per heavy atom. The van der Waals surface area contributed by atoms with E-state index in [1.54, 1.807) is 0 Å². The van der Waals surface area contributed by atoms with E-state index < -0.39 is 0 Å². The second-order valence-corrected chi connectivity index (χ2v) is 7.00. The molecule has 3 heteroatoms. The van der Waals surface area contributed by atoms with Crippen LogP contribution in [-0.2, 0) is 4.79 Å². The van der Waals surface area contributed by atoms with Gasteiger partial charge in [0.05, 0.1) is 0 Å². The summed E-state index contributed by atoms with van der Waals surface area (Å²) in [7, 11) is 0. The molecule has 0 aliphatic heterocycles. The third-order valence-corrected chi connectivity index (χ3v) is 3.29. The van der Waals surface area contributed by atoms with E-state index in [1.165, 1.54) is 0 Å². The second-order valence-electron chi connectivity index (χ2n) is 5.62. The summed E-state index contributed by atoms with van der Waals surface area (Å²) in [5.74, 6) is 0.119. The highest BCUT2D eigenvalue weighted by molar-refractivity contribution is 9.09. The van der Waals surface area contributed by atoms with Crippen LogP contribution in [0.15, 0.2) is 0 Å². The number of carbonyl (C=O) groups is 1. The van der Waals surface area contributed by atoms with Gasteiger partial charge in [0.15, 0.2) is 0 Å². The van der Waals surface area contributed by atoms with Crippen LogP contribution in [0.25, 0.3) is 0 Å². The molecule has 0 spiro atoms. The molecule has 0 heterocycles. The summed E-state index contributed by atoms with van der Waals surface area (Å²) < 4.78 is 0. The van der Waals surface area contributed by atoms with Crippen LogP contribution >= 0.6 is 15.9 Å². The molecule has 2 nitrogen and oxygen atoms in total.